The summed E-state index contributed by atoms with van der Waals surface area (Å²) >= 11 is 1.63. The summed E-state index contributed by atoms with van der Waals surface area (Å²) in [6.45, 7) is 3.30. The lowest BCUT2D eigenvalue weighted by Crippen LogP contribution is -2.40. The zero-order valence-corrected chi connectivity index (χ0v) is 16.5. The van der Waals surface area contributed by atoms with Crippen molar-refractivity contribution in [2.75, 3.05) is 26.0 Å². The third-order valence-corrected chi connectivity index (χ3v) is 5.24. The molecule has 142 valence electrons. The first kappa shape index (κ1) is 19.3. The van der Waals surface area contributed by atoms with Crippen molar-refractivity contribution >= 4 is 28.5 Å². The van der Waals surface area contributed by atoms with Crippen molar-refractivity contribution in [3.05, 3.63) is 54.1 Å². The van der Waals surface area contributed by atoms with E-state index in [0.29, 0.717) is 19.6 Å². The number of methoxy groups -OCH3 is 1. The lowest BCUT2D eigenvalue weighted by atomic mass is 10.1. The van der Waals surface area contributed by atoms with E-state index in [-0.39, 0.29) is 5.91 Å². The van der Waals surface area contributed by atoms with Gasteiger partial charge in [-0.15, -0.1) is 0 Å². The summed E-state index contributed by atoms with van der Waals surface area (Å²) in [5.41, 5.74) is 1.79. The molecule has 1 aliphatic rings. The summed E-state index contributed by atoms with van der Waals surface area (Å²) in [4.78, 5) is 19.3. The van der Waals surface area contributed by atoms with Crippen LogP contribution in [0.5, 0.6) is 11.5 Å². The molecule has 27 heavy (non-hydrogen) atoms. The van der Waals surface area contributed by atoms with Crippen molar-refractivity contribution in [1.82, 2.24) is 4.90 Å². The molecule has 0 atom stereocenters. The highest BCUT2D eigenvalue weighted by atomic mass is 32.2. The van der Waals surface area contributed by atoms with Gasteiger partial charge in [0.05, 0.1) is 25.8 Å². The molecule has 0 bridgehead atoms. The predicted octanol–water partition coefficient (Wildman–Crippen LogP) is 4.29. The summed E-state index contributed by atoms with van der Waals surface area (Å²) < 4.78 is 10.6. The Bertz CT molecular complexity index is 788. The van der Waals surface area contributed by atoms with Crippen molar-refractivity contribution in [1.29, 1.82) is 0 Å². The number of thioether (sulfide) groups is 1. The van der Waals surface area contributed by atoms with Crippen molar-refractivity contribution in [2.45, 2.75) is 19.8 Å². The van der Waals surface area contributed by atoms with E-state index < -0.39 is 0 Å². The fraction of sp³-hybridized carbons (Fsp3) is 0.333. The average molecular weight is 385 g/mol. The van der Waals surface area contributed by atoms with E-state index in [0.717, 1.165) is 40.1 Å². The molecule has 0 spiro atoms. The minimum atomic E-state index is 0.0667. The van der Waals surface area contributed by atoms with Gasteiger partial charge in [0.15, 0.2) is 5.17 Å². The van der Waals surface area contributed by atoms with Gasteiger partial charge < -0.3 is 9.47 Å². The first-order valence-electron chi connectivity index (χ1n) is 9.07. The standard InChI is InChI=1S/C21H24N2O3S/c1-3-26-19-11-7-17(8-12-19)22-21-23(13-4-14-27-21)20(24)15-16-5-9-18(25-2)10-6-16/h5-12H,3-4,13-15H2,1-2H3. The van der Waals surface area contributed by atoms with Crippen LogP contribution in [0.3, 0.4) is 0 Å². The molecular weight excluding hydrogens is 360 g/mol. The molecule has 2 aromatic rings. The van der Waals surface area contributed by atoms with Crippen LogP contribution in [0, 0.1) is 0 Å². The number of nitrogens with zero attached hydrogens (tertiary/aromatic N) is 2. The molecule has 6 heteroatoms. The van der Waals surface area contributed by atoms with Gasteiger partial charge in [-0.25, -0.2) is 4.99 Å². The Morgan fingerprint density at radius 1 is 1.11 bits per heavy atom. The quantitative estimate of drug-likeness (QED) is 0.746. The zero-order valence-electron chi connectivity index (χ0n) is 15.7. The van der Waals surface area contributed by atoms with Gasteiger partial charge in [0.2, 0.25) is 5.91 Å². The Morgan fingerprint density at radius 2 is 1.81 bits per heavy atom. The van der Waals surface area contributed by atoms with Crippen molar-refractivity contribution in [3.63, 3.8) is 0 Å². The van der Waals surface area contributed by atoms with Crippen molar-refractivity contribution in [3.8, 4) is 11.5 Å². The first-order valence-corrected chi connectivity index (χ1v) is 10.1. The molecule has 0 unspecified atom stereocenters. The van der Waals surface area contributed by atoms with Gasteiger partial charge in [-0.05, 0) is 55.3 Å². The third kappa shape index (κ3) is 5.26. The number of carbonyl (C=O) groups excluding carboxylic acids is 1. The molecule has 1 amide bonds. The fourth-order valence-electron chi connectivity index (χ4n) is 2.79. The molecule has 0 saturated carbocycles. The topological polar surface area (TPSA) is 51.1 Å². The summed E-state index contributed by atoms with van der Waals surface area (Å²) in [6.07, 6.45) is 1.33. The van der Waals surface area contributed by atoms with E-state index in [9.17, 15) is 4.79 Å². The molecule has 2 aromatic carbocycles. The molecule has 0 N–H and O–H groups in total. The van der Waals surface area contributed by atoms with Crippen LogP contribution >= 0.6 is 11.8 Å². The summed E-state index contributed by atoms with van der Waals surface area (Å²) in [7, 11) is 1.63. The average Bonchev–Trinajstić information content (AvgIpc) is 2.70. The van der Waals surface area contributed by atoms with E-state index in [1.807, 2.05) is 55.5 Å². The molecule has 1 heterocycles. The minimum Gasteiger partial charge on any atom is -0.497 e. The van der Waals surface area contributed by atoms with Crippen LogP contribution in [0.2, 0.25) is 0 Å². The number of hydrogen-bond acceptors (Lipinski definition) is 5. The Labute approximate surface area is 164 Å². The van der Waals surface area contributed by atoms with Gasteiger partial charge in [-0.3, -0.25) is 9.69 Å². The molecule has 0 radical (unpaired) electrons. The highest BCUT2D eigenvalue weighted by Gasteiger charge is 2.23. The van der Waals surface area contributed by atoms with Gasteiger partial charge in [-0.2, -0.15) is 0 Å². The molecule has 0 aromatic heterocycles. The van der Waals surface area contributed by atoms with Crippen LogP contribution in [-0.2, 0) is 11.2 Å². The Morgan fingerprint density at radius 3 is 2.48 bits per heavy atom. The maximum absolute atomic E-state index is 12.8. The number of amidine groups is 1. The molecule has 1 saturated heterocycles. The predicted molar refractivity (Wildman–Crippen MR) is 110 cm³/mol. The van der Waals surface area contributed by atoms with E-state index in [1.54, 1.807) is 23.8 Å². The summed E-state index contributed by atoms with van der Waals surface area (Å²) in [6, 6.07) is 15.2. The van der Waals surface area contributed by atoms with E-state index in [1.165, 1.54) is 0 Å². The number of ether oxygens (including phenoxy) is 2. The molecule has 3 rings (SSSR count). The van der Waals surface area contributed by atoms with Gasteiger partial charge in [0, 0.05) is 12.3 Å². The third-order valence-electron chi connectivity index (χ3n) is 4.18. The maximum atomic E-state index is 12.8. The number of hydrogen-bond donors (Lipinski definition) is 0. The summed E-state index contributed by atoms with van der Waals surface area (Å²) in [5.74, 6) is 2.65. The Balaban J connectivity index is 1.72. The van der Waals surface area contributed by atoms with E-state index in [4.69, 9.17) is 14.5 Å². The van der Waals surface area contributed by atoms with Crippen LogP contribution in [0.15, 0.2) is 53.5 Å². The number of carbonyl (C=O) groups is 1. The van der Waals surface area contributed by atoms with Gasteiger partial charge in [0.1, 0.15) is 11.5 Å². The molecule has 1 fully saturated rings. The van der Waals surface area contributed by atoms with Crippen LogP contribution in [0.25, 0.3) is 0 Å². The Hall–Kier alpha value is -2.47. The number of amides is 1. The molecular formula is C21H24N2O3S. The SMILES string of the molecule is CCOc1ccc(N=C2SCCCN2C(=O)Cc2ccc(OC)cc2)cc1. The molecule has 0 aliphatic carbocycles. The van der Waals surface area contributed by atoms with Crippen LogP contribution < -0.4 is 9.47 Å². The van der Waals surface area contributed by atoms with Gasteiger partial charge >= 0.3 is 0 Å². The number of aliphatic imine (C=N–C) groups is 1. The van der Waals surface area contributed by atoms with E-state index in [2.05, 4.69) is 0 Å². The molecule has 1 aliphatic heterocycles. The normalized spacial score (nSPS) is 15.6. The highest BCUT2D eigenvalue weighted by molar-refractivity contribution is 8.13. The van der Waals surface area contributed by atoms with Gasteiger partial charge in [0.25, 0.3) is 0 Å². The van der Waals surface area contributed by atoms with Crippen molar-refractivity contribution < 1.29 is 14.3 Å². The second-order valence-electron chi connectivity index (χ2n) is 6.09. The highest BCUT2D eigenvalue weighted by Crippen LogP contribution is 2.25. The van der Waals surface area contributed by atoms with Crippen molar-refractivity contribution in [2.24, 2.45) is 4.99 Å². The van der Waals surface area contributed by atoms with Crippen LogP contribution in [-0.4, -0.2) is 42.0 Å². The maximum Gasteiger partial charge on any atom is 0.232 e. The lowest BCUT2D eigenvalue weighted by Gasteiger charge is -2.28. The number of benzene rings is 2. The largest absolute Gasteiger partial charge is 0.497 e. The van der Waals surface area contributed by atoms with Crippen LogP contribution in [0.4, 0.5) is 5.69 Å². The molecule has 5 nitrogen and oxygen atoms in total. The monoisotopic (exact) mass is 384 g/mol. The zero-order chi connectivity index (χ0) is 19.1. The lowest BCUT2D eigenvalue weighted by molar-refractivity contribution is -0.126. The van der Waals surface area contributed by atoms with Gasteiger partial charge in [-0.1, -0.05) is 23.9 Å². The Kier molecular flexibility index (Phi) is 6.76. The smallest absolute Gasteiger partial charge is 0.232 e. The minimum absolute atomic E-state index is 0.0667. The second kappa shape index (κ2) is 9.46. The van der Waals surface area contributed by atoms with E-state index >= 15 is 0 Å². The number of rotatable bonds is 6. The van der Waals surface area contributed by atoms with Crippen LogP contribution in [0.1, 0.15) is 18.9 Å². The summed E-state index contributed by atoms with van der Waals surface area (Å²) in [5, 5.41) is 0.768. The second-order valence-corrected chi connectivity index (χ2v) is 7.16. The fourth-order valence-corrected chi connectivity index (χ4v) is 3.77. The first-order chi connectivity index (χ1) is 13.2.